The molecule has 0 saturated heterocycles. The standard InChI is InChI=1S/C18H17FINO3/c1-2-24-17(22)11-16(12-6-4-3-5-7-12)21-18(23)14-10-13(19)8-9-15(14)20/h3-10,16H,2,11H2,1H3,(H,21,23). The Labute approximate surface area is 153 Å². The molecule has 0 fully saturated rings. The van der Waals surface area contributed by atoms with E-state index in [2.05, 4.69) is 5.32 Å². The molecule has 0 heterocycles. The Kier molecular flexibility index (Phi) is 6.72. The number of carbonyl (C=O) groups is 2. The van der Waals surface area contributed by atoms with Crippen molar-refractivity contribution < 1.29 is 18.7 Å². The zero-order valence-electron chi connectivity index (χ0n) is 13.1. The molecule has 0 aliphatic heterocycles. The van der Waals surface area contributed by atoms with E-state index in [9.17, 15) is 14.0 Å². The molecule has 0 aliphatic carbocycles. The van der Waals surface area contributed by atoms with E-state index < -0.39 is 23.7 Å². The minimum Gasteiger partial charge on any atom is -0.466 e. The lowest BCUT2D eigenvalue weighted by Gasteiger charge is -2.19. The summed E-state index contributed by atoms with van der Waals surface area (Å²) < 4.78 is 19.0. The molecule has 0 radical (unpaired) electrons. The number of benzene rings is 2. The third-order valence-corrected chi connectivity index (χ3v) is 4.30. The first-order valence-corrected chi connectivity index (χ1v) is 8.55. The van der Waals surface area contributed by atoms with Crippen LogP contribution in [0.3, 0.4) is 0 Å². The van der Waals surface area contributed by atoms with Crippen LogP contribution in [0.5, 0.6) is 0 Å². The molecule has 1 amide bonds. The lowest BCUT2D eigenvalue weighted by molar-refractivity contribution is -0.143. The number of amides is 1. The van der Waals surface area contributed by atoms with Crippen LogP contribution in [0, 0.1) is 9.39 Å². The van der Waals surface area contributed by atoms with Gasteiger partial charge >= 0.3 is 5.97 Å². The highest BCUT2D eigenvalue weighted by atomic mass is 127. The summed E-state index contributed by atoms with van der Waals surface area (Å²) in [5.74, 6) is -1.32. The van der Waals surface area contributed by atoms with E-state index in [4.69, 9.17) is 4.74 Å². The number of carbonyl (C=O) groups excluding carboxylic acids is 2. The van der Waals surface area contributed by atoms with Gasteiger partial charge in [0, 0.05) is 3.57 Å². The molecule has 24 heavy (non-hydrogen) atoms. The van der Waals surface area contributed by atoms with Crippen LogP contribution in [0.1, 0.15) is 35.3 Å². The zero-order chi connectivity index (χ0) is 17.5. The molecule has 1 atom stereocenters. The van der Waals surface area contributed by atoms with E-state index in [1.165, 1.54) is 18.2 Å². The number of nitrogens with one attached hydrogen (secondary N) is 1. The fourth-order valence-electron chi connectivity index (χ4n) is 2.23. The molecule has 0 aromatic heterocycles. The maximum atomic E-state index is 13.4. The average Bonchev–Trinajstić information content (AvgIpc) is 2.57. The van der Waals surface area contributed by atoms with Gasteiger partial charge in [-0.2, -0.15) is 0 Å². The second-order valence-corrected chi connectivity index (χ2v) is 6.23. The minimum absolute atomic E-state index is 0.00941. The van der Waals surface area contributed by atoms with Gasteiger partial charge < -0.3 is 10.1 Å². The number of hydrogen-bond donors (Lipinski definition) is 1. The lowest BCUT2D eigenvalue weighted by Crippen LogP contribution is -2.31. The highest BCUT2D eigenvalue weighted by Crippen LogP contribution is 2.20. The maximum absolute atomic E-state index is 13.4. The average molecular weight is 441 g/mol. The Morgan fingerprint density at radius 2 is 1.92 bits per heavy atom. The van der Waals surface area contributed by atoms with Crippen LogP contribution in [-0.2, 0) is 9.53 Å². The van der Waals surface area contributed by atoms with Gasteiger partial charge in [-0.25, -0.2) is 4.39 Å². The molecule has 0 saturated carbocycles. The van der Waals surface area contributed by atoms with Crippen LogP contribution in [-0.4, -0.2) is 18.5 Å². The fourth-order valence-corrected chi connectivity index (χ4v) is 2.81. The fraction of sp³-hybridized carbons (Fsp3) is 0.222. The number of esters is 1. The van der Waals surface area contributed by atoms with Crippen molar-refractivity contribution in [3.8, 4) is 0 Å². The molecule has 0 spiro atoms. The van der Waals surface area contributed by atoms with Gasteiger partial charge in [0.25, 0.3) is 5.91 Å². The molecule has 1 N–H and O–H groups in total. The van der Waals surface area contributed by atoms with Crippen molar-refractivity contribution in [1.82, 2.24) is 5.32 Å². The van der Waals surface area contributed by atoms with Gasteiger partial charge in [0.2, 0.25) is 0 Å². The molecule has 2 rings (SSSR count). The van der Waals surface area contributed by atoms with Crippen molar-refractivity contribution >= 4 is 34.5 Å². The predicted molar refractivity (Wildman–Crippen MR) is 97.0 cm³/mol. The molecule has 2 aromatic carbocycles. The van der Waals surface area contributed by atoms with Crippen molar-refractivity contribution in [1.29, 1.82) is 0 Å². The second kappa shape index (κ2) is 8.77. The summed E-state index contributed by atoms with van der Waals surface area (Å²) in [6.45, 7) is 2.00. The molecule has 2 aromatic rings. The SMILES string of the molecule is CCOC(=O)CC(NC(=O)c1cc(F)ccc1I)c1ccccc1. The predicted octanol–water partition coefficient (Wildman–Crippen LogP) is 3.85. The summed E-state index contributed by atoms with van der Waals surface area (Å²) in [7, 11) is 0. The molecule has 6 heteroatoms. The van der Waals surface area contributed by atoms with Crippen molar-refractivity contribution in [2.75, 3.05) is 6.61 Å². The van der Waals surface area contributed by atoms with Crippen LogP contribution in [0.25, 0.3) is 0 Å². The summed E-state index contributed by atoms with van der Waals surface area (Å²) in [6, 6.07) is 12.6. The van der Waals surface area contributed by atoms with Crippen LogP contribution >= 0.6 is 22.6 Å². The molecule has 0 bridgehead atoms. The number of halogens is 2. The smallest absolute Gasteiger partial charge is 0.308 e. The van der Waals surface area contributed by atoms with Gasteiger partial charge in [-0.1, -0.05) is 30.3 Å². The van der Waals surface area contributed by atoms with Gasteiger partial charge in [-0.3, -0.25) is 9.59 Å². The quantitative estimate of drug-likeness (QED) is 0.548. The molecule has 1 unspecified atom stereocenters. The lowest BCUT2D eigenvalue weighted by atomic mass is 10.0. The van der Waals surface area contributed by atoms with Gasteiger partial charge in [0.15, 0.2) is 0 Å². The van der Waals surface area contributed by atoms with Crippen LogP contribution in [0.4, 0.5) is 4.39 Å². The van der Waals surface area contributed by atoms with Crippen molar-refractivity contribution in [2.24, 2.45) is 0 Å². The third-order valence-electron chi connectivity index (χ3n) is 3.36. The Hall–Kier alpha value is -1.96. The van der Waals surface area contributed by atoms with Gasteiger partial charge in [0.05, 0.1) is 24.6 Å². The van der Waals surface area contributed by atoms with E-state index in [1.54, 1.807) is 6.92 Å². The molecule has 4 nitrogen and oxygen atoms in total. The molecular weight excluding hydrogens is 424 g/mol. The number of hydrogen-bond acceptors (Lipinski definition) is 3. The number of rotatable bonds is 6. The largest absolute Gasteiger partial charge is 0.466 e. The first-order valence-electron chi connectivity index (χ1n) is 7.47. The first-order chi connectivity index (χ1) is 11.5. The van der Waals surface area contributed by atoms with Gasteiger partial charge in [-0.05, 0) is 53.3 Å². The van der Waals surface area contributed by atoms with Crippen LogP contribution in [0.15, 0.2) is 48.5 Å². The first kappa shape index (κ1) is 18.4. The third kappa shape index (κ3) is 5.02. The van der Waals surface area contributed by atoms with E-state index in [1.807, 2.05) is 52.9 Å². The Morgan fingerprint density at radius 1 is 1.21 bits per heavy atom. The Morgan fingerprint density at radius 3 is 2.58 bits per heavy atom. The Balaban J connectivity index is 2.22. The number of ether oxygens (including phenoxy) is 1. The van der Waals surface area contributed by atoms with Crippen LogP contribution < -0.4 is 5.32 Å². The van der Waals surface area contributed by atoms with Gasteiger partial charge in [-0.15, -0.1) is 0 Å². The maximum Gasteiger partial charge on any atom is 0.308 e. The summed E-state index contributed by atoms with van der Waals surface area (Å²) in [5, 5.41) is 2.80. The summed E-state index contributed by atoms with van der Waals surface area (Å²) in [4.78, 5) is 24.3. The summed E-state index contributed by atoms with van der Waals surface area (Å²) >= 11 is 1.97. The highest BCUT2D eigenvalue weighted by molar-refractivity contribution is 14.1. The molecule has 126 valence electrons. The molecular formula is C18H17FINO3. The van der Waals surface area contributed by atoms with E-state index >= 15 is 0 Å². The highest BCUT2D eigenvalue weighted by Gasteiger charge is 2.21. The van der Waals surface area contributed by atoms with Gasteiger partial charge in [0.1, 0.15) is 5.82 Å². The van der Waals surface area contributed by atoms with Crippen molar-refractivity contribution in [3.63, 3.8) is 0 Å². The second-order valence-electron chi connectivity index (χ2n) is 5.07. The zero-order valence-corrected chi connectivity index (χ0v) is 15.2. The molecule has 0 aliphatic rings. The Bertz CT molecular complexity index is 721. The van der Waals surface area contributed by atoms with Crippen molar-refractivity contribution in [2.45, 2.75) is 19.4 Å². The topological polar surface area (TPSA) is 55.4 Å². The van der Waals surface area contributed by atoms with E-state index in [0.29, 0.717) is 3.57 Å². The normalized spacial score (nSPS) is 11.6. The van der Waals surface area contributed by atoms with E-state index in [0.717, 1.165) is 5.56 Å². The monoisotopic (exact) mass is 441 g/mol. The minimum atomic E-state index is -0.545. The summed E-state index contributed by atoms with van der Waals surface area (Å²) in [6.07, 6.45) is 0.00941. The van der Waals surface area contributed by atoms with E-state index in [-0.39, 0.29) is 18.6 Å². The summed E-state index contributed by atoms with van der Waals surface area (Å²) in [5.41, 5.74) is 1.02. The van der Waals surface area contributed by atoms with Crippen LogP contribution in [0.2, 0.25) is 0 Å². The van der Waals surface area contributed by atoms with Crippen molar-refractivity contribution in [3.05, 3.63) is 69.0 Å².